The SMILES string of the molecule is O=C(c1ccoc1)N1CCC(Nc2ccnc3cc(Br)ccc23)CC1. The maximum absolute atomic E-state index is 12.4. The molecule has 1 aliphatic heterocycles. The molecule has 0 radical (unpaired) electrons. The number of carbonyl (C=O) groups excluding carboxylic acids is 1. The topological polar surface area (TPSA) is 58.4 Å². The molecule has 128 valence electrons. The lowest BCUT2D eigenvalue weighted by Gasteiger charge is -2.33. The van der Waals surface area contributed by atoms with Crippen LogP contribution in [0, 0.1) is 0 Å². The summed E-state index contributed by atoms with van der Waals surface area (Å²) in [6, 6.07) is 10.2. The van der Waals surface area contributed by atoms with Gasteiger partial charge in [0.05, 0.1) is 17.3 Å². The molecule has 1 N–H and O–H groups in total. The Hall–Kier alpha value is -2.34. The van der Waals surface area contributed by atoms with Gasteiger partial charge in [-0.1, -0.05) is 15.9 Å². The number of aromatic nitrogens is 1. The van der Waals surface area contributed by atoms with Gasteiger partial charge in [-0.3, -0.25) is 9.78 Å². The zero-order chi connectivity index (χ0) is 17.2. The average molecular weight is 400 g/mol. The summed E-state index contributed by atoms with van der Waals surface area (Å²) in [6.45, 7) is 1.49. The number of benzene rings is 1. The summed E-state index contributed by atoms with van der Waals surface area (Å²) in [5.41, 5.74) is 2.68. The Bertz CT molecular complexity index is 887. The Balaban J connectivity index is 1.43. The van der Waals surface area contributed by atoms with Crippen molar-refractivity contribution >= 4 is 38.4 Å². The van der Waals surface area contributed by atoms with E-state index in [4.69, 9.17) is 4.42 Å². The van der Waals surface area contributed by atoms with Gasteiger partial charge in [-0.15, -0.1) is 0 Å². The van der Waals surface area contributed by atoms with E-state index in [0.29, 0.717) is 11.6 Å². The quantitative estimate of drug-likeness (QED) is 0.712. The van der Waals surface area contributed by atoms with Crippen LogP contribution in [0.3, 0.4) is 0 Å². The number of fused-ring (bicyclic) bond motifs is 1. The van der Waals surface area contributed by atoms with Crippen LogP contribution in [0.15, 0.2) is 57.9 Å². The molecule has 6 heteroatoms. The second kappa shape index (κ2) is 6.88. The Morgan fingerprint density at radius 2 is 2.08 bits per heavy atom. The highest BCUT2D eigenvalue weighted by Crippen LogP contribution is 2.27. The molecule has 5 nitrogen and oxygen atoms in total. The van der Waals surface area contributed by atoms with Gasteiger partial charge in [0, 0.05) is 40.9 Å². The predicted molar refractivity (Wildman–Crippen MR) is 101 cm³/mol. The molecule has 1 aromatic carbocycles. The zero-order valence-corrected chi connectivity index (χ0v) is 15.2. The summed E-state index contributed by atoms with van der Waals surface area (Å²) < 4.78 is 6.03. The third-order valence-corrected chi connectivity index (χ3v) is 5.11. The van der Waals surface area contributed by atoms with Gasteiger partial charge in [-0.2, -0.15) is 0 Å². The molecule has 3 heterocycles. The van der Waals surface area contributed by atoms with Crippen molar-refractivity contribution in [3.63, 3.8) is 0 Å². The van der Waals surface area contributed by atoms with Gasteiger partial charge in [-0.05, 0) is 43.2 Å². The first-order valence-electron chi connectivity index (χ1n) is 8.33. The van der Waals surface area contributed by atoms with Crippen molar-refractivity contribution in [2.24, 2.45) is 0 Å². The van der Waals surface area contributed by atoms with Crippen molar-refractivity contribution < 1.29 is 9.21 Å². The highest BCUT2D eigenvalue weighted by Gasteiger charge is 2.24. The van der Waals surface area contributed by atoms with E-state index in [1.807, 2.05) is 29.3 Å². The third kappa shape index (κ3) is 3.39. The first-order chi connectivity index (χ1) is 12.2. The van der Waals surface area contributed by atoms with Crippen LogP contribution in [0.5, 0.6) is 0 Å². The largest absolute Gasteiger partial charge is 0.472 e. The van der Waals surface area contributed by atoms with Crippen LogP contribution in [0.4, 0.5) is 5.69 Å². The fourth-order valence-corrected chi connectivity index (χ4v) is 3.61. The van der Waals surface area contributed by atoms with E-state index in [1.165, 1.54) is 12.5 Å². The molecule has 2 aromatic heterocycles. The van der Waals surface area contributed by atoms with Crippen molar-refractivity contribution in [1.29, 1.82) is 0 Å². The summed E-state index contributed by atoms with van der Waals surface area (Å²) in [5.74, 6) is 0.0476. The minimum Gasteiger partial charge on any atom is -0.472 e. The van der Waals surface area contributed by atoms with Crippen LogP contribution in [0.1, 0.15) is 23.2 Å². The van der Waals surface area contributed by atoms with Crippen molar-refractivity contribution in [1.82, 2.24) is 9.88 Å². The number of furan rings is 1. The molecule has 0 saturated carbocycles. The van der Waals surface area contributed by atoms with Crippen molar-refractivity contribution in [3.05, 3.63) is 59.1 Å². The maximum atomic E-state index is 12.4. The van der Waals surface area contributed by atoms with E-state index in [-0.39, 0.29) is 5.91 Å². The number of piperidine rings is 1. The standard InChI is InChI=1S/C19H18BrN3O2/c20-14-1-2-16-17(3-7-21-18(16)11-14)22-15-4-8-23(9-5-15)19(24)13-6-10-25-12-13/h1-3,6-7,10-12,15H,4-5,8-9H2,(H,21,22). The lowest BCUT2D eigenvalue weighted by molar-refractivity contribution is 0.0718. The molecular weight excluding hydrogens is 382 g/mol. The second-order valence-corrected chi connectivity index (χ2v) is 7.16. The van der Waals surface area contributed by atoms with Crippen LogP contribution in [-0.2, 0) is 0 Å². The molecule has 4 rings (SSSR count). The number of halogens is 1. The summed E-state index contributed by atoms with van der Waals surface area (Å²) >= 11 is 3.49. The first-order valence-corrected chi connectivity index (χ1v) is 9.12. The Morgan fingerprint density at radius 1 is 1.24 bits per heavy atom. The van der Waals surface area contributed by atoms with E-state index in [2.05, 4.69) is 32.3 Å². The minimum absolute atomic E-state index is 0.0476. The van der Waals surface area contributed by atoms with Gasteiger partial charge in [0.25, 0.3) is 5.91 Å². The number of pyridine rings is 1. The summed E-state index contributed by atoms with van der Waals surface area (Å²) in [4.78, 5) is 18.7. The Labute approximate surface area is 154 Å². The summed E-state index contributed by atoms with van der Waals surface area (Å²) in [7, 11) is 0. The number of hydrogen-bond acceptors (Lipinski definition) is 4. The average Bonchev–Trinajstić information content (AvgIpc) is 3.16. The van der Waals surface area contributed by atoms with E-state index in [1.54, 1.807) is 6.07 Å². The molecule has 0 spiro atoms. The number of amides is 1. The number of nitrogens with one attached hydrogen (secondary N) is 1. The van der Waals surface area contributed by atoms with Crippen molar-refractivity contribution in [2.45, 2.75) is 18.9 Å². The molecule has 1 amide bonds. The summed E-state index contributed by atoms with van der Waals surface area (Å²) in [5, 5.41) is 4.74. The number of carbonyl (C=O) groups is 1. The third-order valence-electron chi connectivity index (χ3n) is 4.61. The molecule has 1 fully saturated rings. The highest BCUT2D eigenvalue weighted by atomic mass is 79.9. The highest BCUT2D eigenvalue weighted by molar-refractivity contribution is 9.10. The van der Waals surface area contributed by atoms with Crippen molar-refractivity contribution in [3.8, 4) is 0 Å². The molecule has 0 unspecified atom stereocenters. The smallest absolute Gasteiger partial charge is 0.257 e. The maximum Gasteiger partial charge on any atom is 0.257 e. The number of hydrogen-bond donors (Lipinski definition) is 1. The molecule has 25 heavy (non-hydrogen) atoms. The second-order valence-electron chi connectivity index (χ2n) is 6.24. The number of anilines is 1. The monoisotopic (exact) mass is 399 g/mol. The van der Waals surface area contributed by atoms with E-state index in [0.717, 1.165) is 47.0 Å². The predicted octanol–water partition coefficient (Wildman–Crippen LogP) is 4.31. The number of rotatable bonds is 3. The van der Waals surface area contributed by atoms with Crippen molar-refractivity contribution in [2.75, 3.05) is 18.4 Å². The van der Waals surface area contributed by atoms with Gasteiger partial charge in [0.15, 0.2) is 0 Å². The van der Waals surface area contributed by atoms with Gasteiger partial charge in [0.1, 0.15) is 6.26 Å². The van der Waals surface area contributed by atoms with Crippen LogP contribution < -0.4 is 5.32 Å². The van der Waals surface area contributed by atoms with Crippen LogP contribution in [-0.4, -0.2) is 34.9 Å². The van der Waals surface area contributed by atoms with E-state index >= 15 is 0 Å². The van der Waals surface area contributed by atoms with E-state index in [9.17, 15) is 4.79 Å². The van der Waals surface area contributed by atoms with Gasteiger partial charge in [0.2, 0.25) is 0 Å². The zero-order valence-electron chi connectivity index (χ0n) is 13.6. The molecule has 0 bridgehead atoms. The molecule has 1 saturated heterocycles. The first kappa shape index (κ1) is 16.1. The van der Waals surface area contributed by atoms with Crippen LogP contribution in [0.25, 0.3) is 10.9 Å². The fraction of sp³-hybridized carbons (Fsp3) is 0.263. The lowest BCUT2D eigenvalue weighted by Crippen LogP contribution is -2.42. The van der Waals surface area contributed by atoms with Gasteiger partial charge < -0.3 is 14.6 Å². The molecule has 0 aliphatic carbocycles. The van der Waals surface area contributed by atoms with E-state index < -0.39 is 0 Å². The lowest BCUT2D eigenvalue weighted by atomic mass is 10.0. The number of likely N-dealkylation sites (tertiary alicyclic amines) is 1. The van der Waals surface area contributed by atoms with Gasteiger partial charge >= 0.3 is 0 Å². The summed E-state index contributed by atoms with van der Waals surface area (Å²) in [6.07, 6.45) is 6.71. The number of nitrogens with zero attached hydrogens (tertiary/aromatic N) is 2. The Kier molecular flexibility index (Phi) is 4.44. The normalized spacial score (nSPS) is 15.5. The Morgan fingerprint density at radius 3 is 2.84 bits per heavy atom. The molecule has 1 aliphatic rings. The van der Waals surface area contributed by atoms with Crippen LogP contribution >= 0.6 is 15.9 Å². The van der Waals surface area contributed by atoms with Crippen LogP contribution in [0.2, 0.25) is 0 Å². The van der Waals surface area contributed by atoms with Gasteiger partial charge in [-0.25, -0.2) is 0 Å². The fourth-order valence-electron chi connectivity index (χ4n) is 3.26. The molecular formula is C19H18BrN3O2. The minimum atomic E-state index is 0.0476. The molecule has 3 aromatic rings. The molecule has 0 atom stereocenters.